The van der Waals surface area contributed by atoms with Crippen molar-refractivity contribution < 1.29 is 56.4 Å². The fourth-order valence-corrected chi connectivity index (χ4v) is 9.62. The predicted molar refractivity (Wildman–Crippen MR) is 245 cm³/mol. The maximum atomic E-state index is 15.0. The van der Waals surface area contributed by atoms with Gasteiger partial charge in [-0.05, 0) is 55.2 Å². The van der Waals surface area contributed by atoms with Crippen LogP contribution in [0.25, 0.3) is 0 Å². The molecule has 0 aromatic heterocycles. The summed E-state index contributed by atoms with van der Waals surface area (Å²) in [5, 5.41) is 22.6. The van der Waals surface area contributed by atoms with Crippen molar-refractivity contribution in [3.63, 3.8) is 0 Å². The molecule has 0 aliphatic carbocycles. The summed E-state index contributed by atoms with van der Waals surface area (Å²) >= 11 is 0. The number of nitrogens with zero attached hydrogens (tertiary/aromatic N) is 2. The van der Waals surface area contributed by atoms with Gasteiger partial charge in [0.2, 0.25) is 10.0 Å². The number of piperidine rings is 1. The van der Waals surface area contributed by atoms with Crippen LogP contribution in [0.3, 0.4) is 0 Å². The number of sulfonamides is 1. The van der Waals surface area contributed by atoms with Crippen LogP contribution in [-0.4, -0.2) is 102 Å². The molecule has 2 aliphatic rings. The SMILES string of the molecule is CC(C)(C)OC(=O)[C@H]1[C@@H](O[C@H]2O[C@H](CO)[C@@H](OCc3ccccc3)[C@H](OCc3ccccc3)[C@H]2N)[C@H](OCc2ccccc2)[C@@H](OCc2ccccc2)CN1S(=O)(=O)c1ccc([N+](=O)[O-])cc1. The quantitative estimate of drug-likeness (QED) is 0.0547. The Labute approximate surface area is 390 Å². The molecule has 0 radical (unpaired) electrons. The third kappa shape index (κ3) is 12.8. The van der Waals surface area contributed by atoms with E-state index in [0.29, 0.717) is 0 Å². The fourth-order valence-electron chi connectivity index (χ4n) is 8.02. The lowest BCUT2D eigenvalue weighted by atomic mass is 9.93. The van der Waals surface area contributed by atoms with E-state index in [1.165, 1.54) is 0 Å². The Morgan fingerprint density at radius 3 is 1.60 bits per heavy atom. The molecule has 3 N–H and O–H groups in total. The first-order chi connectivity index (χ1) is 32.2. The number of carbonyl (C=O) groups is 1. The summed E-state index contributed by atoms with van der Waals surface area (Å²) in [4.78, 5) is 25.5. The van der Waals surface area contributed by atoms with Gasteiger partial charge in [-0.1, -0.05) is 121 Å². The monoisotopic (exact) mass is 939 g/mol. The van der Waals surface area contributed by atoms with Crippen molar-refractivity contribution in [1.82, 2.24) is 4.31 Å². The summed E-state index contributed by atoms with van der Waals surface area (Å²) in [6.07, 6.45) is -8.40. The van der Waals surface area contributed by atoms with Gasteiger partial charge in [0.25, 0.3) is 5.69 Å². The van der Waals surface area contributed by atoms with Gasteiger partial charge in [-0.2, -0.15) is 4.31 Å². The average Bonchev–Trinajstić information content (AvgIpc) is 3.33. The summed E-state index contributed by atoms with van der Waals surface area (Å²) in [6.45, 7) is 4.15. The second kappa shape index (κ2) is 22.6. The Morgan fingerprint density at radius 1 is 0.701 bits per heavy atom. The van der Waals surface area contributed by atoms with Gasteiger partial charge >= 0.3 is 5.97 Å². The van der Waals surface area contributed by atoms with Crippen LogP contribution in [0.1, 0.15) is 43.0 Å². The van der Waals surface area contributed by atoms with Crippen molar-refractivity contribution in [3.8, 4) is 0 Å². The molecule has 2 saturated heterocycles. The maximum absolute atomic E-state index is 15.0. The van der Waals surface area contributed by atoms with Gasteiger partial charge in [0.05, 0.1) is 48.9 Å². The molecular weight excluding hydrogens is 883 g/mol. The summed E-state index contributed by atoms with van der Waals surface area (Å²) in [6, 6.07) is 38.7. The molecular formula is C50H57N3O13S. The number of nitrogens with two attached hydrogens (primary N) is 1. The standard InChI is InChI=1S/C50H57N3O13S/c1-50(2,3)66-48(55)43-47(65-49-42(51)46(63-33-37-22-14-7-15-23-37)45(41(29-54)64-49)62-32-36-20-12-6-13-21-36)44(61-31-35-18-10-5-11-19-35)40(60-30-34-16-8-4-9-17-34)28-52(43)67(58,59)39-26-24-38(25-27-39)53(56)57/h4-27,40-47,49,54H,28-33,51H2,1-3H3/t40-,41+,42+,43+,44+,45+,46+,47+,49+/m0/s1. The second-order valence-corrected chi connectivity index (χ2v) is 19.2. The normalized spacial score (nSPS) is 24.8. The minimum Gasteiger partial charge on any atom is -0.459 e. The molecule has 0 amide bonds. The van der Waals surface area contributed by atoms with Crippen molar-refractivity contribution >= 4 is 21.7 Å². The van der Waals surface area contributed by atoms with Gasteiger partial charge in [0.1, 0.15) is 42.2 Å². The van der Waals surface area contributed by atoms with Crippen molar-refractivity contribution in [2.24, 2.45) is 5.73 Å². The summed E-state index contributed by atoms with van der Waals surface area (Å²) in [5.74, 6) is -0.984. The van der Waals surface area contributed by atoms with E-state index in [2.05, 4.69) is 0 Å². The smallest absolute Gasteiger partial charge is 0.327 e. The molecule has 0 unspecified atom stereocenters. The van der Waals surface area contributed by atoms with Gasteiger partial charge in [0, 0.05) is 18.7 Å². The molecule has 5 aromatic carbocycles. The highest BCUT2D eigenvalue weighted by atomic mass is 32.2. The van der Waals surface area contributed by atoms with Crippen LogP contribution in [0.2, 0.25) is 0 Å². The number of esters is 1. The highest BCUT2D eigenvalue weighted by Gasteiger charge is 2.57. The largest absolute Gasteiger partial charge is 0.459 e. The lowest BCUT2D eigenvalue weighted by molar-refractivity contribution is -0.384. The number of aliphatic hydroxyl groups excluding tert-OH is 1. The Hall–Kier alpha value is -5.44. The number of carbonyl (C=O) groups excluding carboxylic acids is 1. The molecule has 16 nitrogen and oxygen atoms in total. The molecule has 356 valence electrons. The number of nitro groups is 1. The minimum atomic E-state index is -4.72. The molecule has 0 bridgehead atoms. The van der Waals surface area contributed by atoms with Crippen molar-refractivity contribution in [3.05, 3.63) is 178 Å². The zero-order chi connectivity index (χ0) is 47.6. The summed E-state index contributed by atoms with van der Waals surface area (Å²) in [7, 11) is -4.72. The number of ether oxygens (including phenoxy) is 7. The first-order valence-corrected chi connectivity index (χ1v) is 23.4. The van der Waals surface area contributed by atoms with Gasteiger partial charge in [-0.15, -0.1) is 0 Å². The van der Waals surface area contributed by atoms with Crippen LogP contribution in [-0.2, 0) is 74.4 Å². The summed E-state index contributed by atoms with van der Waals surface area (Å²) < 4.78 is 76.7. The highest BCUT2D eigenvalue weighted by Crippen LogP contribution is 2.37. The number of benzene rings is 5. The van der Waals surface area contributed by atoms with Crippen LogP contribution < -0.4 is 5.73 Å². The second-order valence-electron chi connectivity index (χ2n) is 17.3. The number of non-ortho nitro benzene ring substituents is 1. The summed E-state index contributed by atoms with van der Waals surface area (Å²) in [5.41, 5.74) is 8.88. The van der Waals surface area contributed by atoms with Crippen LogP contribution >= 0.6 is 0 Å². The third-order valence-electron chi connectivity index (χ3n) is 11.3. The molecule has 0 spiro atoms. The van der Waals surface area contributed by atoms with E-state index in [1.54, 1.807) is 20.8 Å². The molecule has 2 heterocycles. The van der Waals surface area contributed by atoms with Crippen molar-refractivity contribution in [2.45, 2.75) is 113 Å². The van der Waals surface area contributed by atoms with E-state index in [9.17, 15) is 20.0 Å². The van der Waals surface area contributed by atoms with Gasteiger partial charge in [0.15, 0.2) is 12.3 Å². The number of hydrogen-bond donors (Lipinski definition) is 2. The van der Waals surface area contributed by atoms with Crippen LogP contribution in [0.5, 0.6) is 0 Å². The lowest BCUT2D eigenvalue weighted by Gasteiger charge is -2.50. The molecule has 17 heteroatoms. The molecule has 67 heavy (non-hydrogen) atoms. The first kappa shape index (κ1) is 49.5. The lowest BCUT2D eigenvalue weighted by Crippen LogP contribution is -2.70. The Balaban J connectivity index is 1.33. The van der Waals surface area contributed by atoms with Crippen LogP contribution in [0, 0.1) is 10.1 Å². The number of rotatable bonds is 19. The Morgan fingerprint density at radius 2 is 1.15 bits per heavy atom. The molecule has 5 aromatic rings. The van der Waals surface area contributed by atoms with Crippen molar-refractivity contribution in [2.75, 3.05) is 13.2 Å². The number of nitro benzene ring substituents is 1. The van der Waals surface area contributed by atoms with Gasteiger partial charge in [-0.3, -0.25) is 14.9 Å². The van der Waals surface area contributed by atoms with E-state index in [0.717, 1.165) is 50.8 Å². The zero-order valence-corrected chi connectivity index (χ0v) is 38.3. The Bertz CT molecular complexity index is 2450. The fraction of sp³-hybridized carbons (Fsp3) is 0.380. The first-order valence-electron chi connectivity index (χ1n) is 22.0. The van der Waals surface area contributed by atoms with E-state index >= 15 is 8.42 Å². The van der Waals surface area contributed by atoms with Crippen molar-refractivity contribution in [1.29, 1.82) is 0 Å². The van der Waals surface area contributed by atoms with E-state index in [4.69, 9.17) is 38.9 Å². The van der Waals surface area contributed by atoms with E-state index in [1.807, 2.05) is 121 Å². The minimum absolute atomic E-state index is 0.00775. The molecule has 0 saturated carbocycles. The van der Waals surface area contributed by atoms with Crippen LogP contribution in [0.15, 0.2) is 150 Å². The maximum Gasteiger partial charge on any atom is 0.327 e. The van der Waals surface area contributed by atoms with Gasteiger partial charge < -0.3 is 44.0 Å². The van der Waals surface area contributed by atoms with Gasteiger partial charge in [-0.25, -0.2) is 8.42 Å². The highest BCUT2D eigenvalue weighted by molar-refractivity contribution is 7.89. The third-order valence-corrected chi connectivity index (χ3v) is 13.2. The van der Waals surface area contributed by atoms with E-state index in [-0.39, 0.29) is 37.0 Å². The molecule has 7 rings (SSSR count). The predicted octanol–water partition coefficient (Wildman–Crippen LogP) is 6.08. The van der Waals surface area contributed by atoms with Crippen LogP contribution in [0.4, 0.5) is 5.69 Å². The molecule has 2 fully saturated rings. The Kier molecular flexibility index (Phi) is 16.7. The zero-order valence-electron chi connectivity index (χ0n) is 37.5. The number of hydrogen-bond acceptors (Lipinski definition) is 14. The molecule has 2 aliphatic heterocycles. The molecule has 9 atom stereocenters. The average molecular weight is 940 g/mol. The van der Waals surface area contributed by atoms with E-state index < -0.39 is 94.7 Å². The topological polar surface area (TPSA) is 208 Å². The number of aliphatic hydroxyl groups is 1.